The Morgan fingerprint density at radius 1 is 1.30 bits per heavy atom. The summed E-state index contributed by atoms with van der Waals surface area (Å²) in [5, 5.41) is 6.77. The number of amides is 1. The Labute approximate surface area is 177 Å². The molecule has 9 heteroatoms. The van der Waals surface area contributed by atoms with Gasteiger partial charge in [-0.05, 0) is 54.7 Å². The molecular formula is C21H30FN3O4S. The second kappa shape index (κ2) is 8.17. The fourth-order valence-electron chi connectivity index (χ4n) is 4.16. The Morgan fingerprint density at radius 3 is 2.53 bits per heavy atom. The first-order valence-corrected chi connectivity index (χ1v) is 12.1. The van der Waals surface area contributed by atoms with E-state index in [9.17, 15) is 17.6 Å². The van der Waals surface area contributed by atoms with Gasteiger partial charge in [-0.1, -0.05) is 32.0 Å². The summed E-state index contributed by atoms with van der Waals surface area (Å²) in [6.07, 6.45) is 5.32. The summed E-state index contributed by atoms with van der Waals surface area (Å²) in [4.78, 5) is 18.2. The molecule has 1 aromatic rings. The Morgan fingerprint density at radius 2 is 1.97 bits per heavy atom. The molecule has 0 bridgehead atoms. The Hall–Kier alpha value is -2.16. The lowest BCUT2D eigenvalue weighted by atomic mass is 9.67. The summed E-state index contributed by atoms with van der Waals surface area (Å²) >= 11 is 0. The van der Waals surface area contributed by atoms with Crippen LogP contribution in [0.25, 0.3) is 0 Å². The number of anilines is 1. The van der Waals surface area contributed by atoms with Gasteiger partial charge in [0.25, 0.3) is 5.91 Å². The highest BCUT2D eigenvalue weighted by molar-refractivity contribution is 7.92. The number of rotatable bonds is 5. The van der Waals surface area contributed by atoms with E-state index in [4.69, 9.17) is 4.84 Å². The van der Waals surface area contributed by atoms with Crippen molar-refractivity contribution in [3.8, 4) is 0 Å². The molecule has 1 fully saturated rings. The molecule has 0 atom stereocenters. The van der Waals surface area contributed by atoms with Crippen LogP contribution in [0, 0.1) is 17.2 Å². The number of nitrogens with zero attached hydrogens (tertiary/aromatic N) is 1. The molecule has 1 heterocycles. The van der Waals surface area contributed by atoms with Crippen LogP contribution in [0.5, 0.6) is 0 Å². The maximum atomic E-state index is 14.1. The lowest BCUT2D eigenvalue weighted by Crippen LogP contribution is -2.39. The number of benzene rings is 1. The molecule has 1 saturated carbocycles. The lowest BCUT2D eigenvalue weighted by molar-refractivity contribution is -0.115. The van der Waals surface area contributed by atoms with Crippen molar-refractivity contribution in [2.24, 2.45) is 16.5 Å². The fourth-order valence-corrected chi connectivity index (χ4v) is 4.72. The van der Waals surface area contributed by atoms with E-state index in [-0.39, 0.29) is 29.2 Å². The van der Waals surface area contributed by atoms with Crippen LogP contribution in [0.3, 0.4) is 0 Å². The van der Waals surface area contributed by atoms with Crippen LogP contribution in [-0.4, -0.2) is 31.9 Å². The van der Waals surface area contributed by atoms with Gasteiger partial charge < -0.3 is 10.2 Å². The average Bonchev–Trinajstić information content (AvgIpc) is 3.04. The number of halogens is 1. The highest BCUT2D eigenvalue weighted by Crippen LogP contribution is 2.45. The Kier molecular flexibility index (Phi) is 6.13. The minimum absolute atomic E-state index is 0.104. The van der Waals surface area contributed by atoms with Gasteiger partial charge >= 0.3 is 0 Å². The molecule has 3 rings (SSSR count). The van der Waals surface area contributed by atoms with Crippen LogP contribution in [0.1, 0.15) is 58.4 Å². The van der Waals surface area contributed by atoms with Gasteiger partial charge in [0.05, 0.1) is 11.9 Å². The van der Waals surface area contributed by atoms with Crippen molar-refractivity contribution in [1.82, 2.24) is 5.32 Å². The minimum Gasteiger partial charge on any atom is -0.388 e. The van der Waals surface area contributed by atoms with E-state index in [2.05, 4.69) is 36.0 Å². The number of sulfonamides is 1. The molecule has 0 saturated heterocycles. The van der Waals surface area contributed by atoms with E-state index in [0.717, 1.165) is 31.9 Å². The SMILES string of the molecule is CC(C)(C)[C@H]1CC[C@@]2(CC1)CC(C(=O)NCc1ccc(NS(C)(=O)=O)c(F)c1)=NO2. The summed E-state index contributed by atoms with van der Waals surface area (Å²) in [6, 6.07) is 4.08. The predicted molar refractivity (Wildman–Crippen MR) is 114 cm³/mol. The summed E-state index contributed by atoms with van der Waals surface area (Å²) in [7, 11) is -3.56. The number of carbonyl (C=O) groups is 1. The van der Waals surface area contributed by atoms with E-state index >= 15 is 0 Å². The van der Waals surface area contributed by atoms with Crippen molar-refractivity contribution < 1.29 is 22.4 Å². The third-order valence-electron chi connectivity index (χ3n) is 6.00. The summed E-state index contributed by atoms with van der Waals surface area (Å²) in [5.41, 5.74) is 0.636. The molecule has 0 radical (unpaired) electrons. The molecular weight excluding hydrogens is 409 g/mol. The quantitative estimate of drug-likeness (QED) is 0.733. The lowest BCUT2D eigenvalue weighted by Gasteiger charge is -2.40. The molecule has 1 aromatic carbocycles. The summed E-state index contributed by atoms with van der Waals surface area (Å²) in [6.45, 7) is 6.88. The zero-order valence-electron chi connectivity index (χ0n) is 17.9. The number of hydrogen-bond acceptors (Lipinski definition) is 5. The molecule has 30 heavy (non-hydrogen) atoms. The first-order chi connectivity index (χ1) is 13.9. The second-order valence-electron chi connectivity index (χ2n) is 9.50. The monoisotopic (exact) mass is 439 g/mol. The van der Waals surface area contributed by atoms with Crippen molar-refractivity contribution in [3.05, 3.63) is 29.6 Å². The fraction of sp³-hybridized carbons (Fsp3) is 0.619. The van der Waals surface area contributed by atoms with E-state index in [1.165, 1.54) is 12.1 Å². The van der Waals surface area contributed by atoms with Gasteiger partial charge in [0.2, 0.25) is 10.0 Å². The van der Waals surface area contributed by atoms with Crippen molar-refractivity contribution in [3.63, 3.8) is 0 Å². The van der Waals surface area contributed by atoms with Gasteiger partial charge in [-0.3, -0.25) is 9.52 Å². The number of hydrogen-bond donors (Lipinski definition) is 2. The molecule has 1 spiro atoms. The Bertz CT molecular complexity index is 945. The van der Waals surface area contributed by atoms with E-state index in [1.54, 1.807) is 6.07 Å². The largest absolute Gasteiger partial charge is 0.388 e. The zero-order chi connectivity index (χ0) is 22.2. The van der Waals surface area contributed by atoms with Gasteiger partial charge in [0.1, 0.15) is 17.1 Å². The van der Waals surface area contributed by atoms with Crippen molar-refractivity contribution >= 4 is 27.3 Å². The summed E-state index contributed by atoms with van der Waals surface area (Å²) < 4.78 is 38.7. The van der Waals surface area contributed by atoms with Gasteiger partial charge in [-0.2, -0.15) is 0 Å². The Balaban J connectivity index is 1.52. The molecule has 2 aliphatic rings. The van der Waals surface area contributed by atoms with E-state index in [1.807, 2.05) is 0 Å². The van der Waals surface area contributed by atoms with Crippen molar-refractivity contribution in [2.75, 3.05) is 11.0 Å². The van der Waals surface area contributed by atoms with Crippen LogP contribution in [-0.2, 0) is 26.2 Å². The predicted octanol–water partition coefficient (Wildman–Crippen LogP) is 3.56. The maximum absolute atomic E-state index is 14.1. The molecule has 0 unspecified atom stereocenters. The van der Waals surface area contributed by atoms with Crippen LogP contribution in [0.15, 0.2) is 23.4 Å². The average molecular weight is 440 g/mol. The van der Waals surface area contributed by atoms with Crippen molar-refractivity contribution in [1.29, 1.82) is 0 Å². The number of carbonyl (C=O) groups excluding carboxylic acids is 1. The highest BCUT2D eigenvalue weighted by atomic mass is 32.2. The standard InChI is InChI=1S/C21H30FN3O4S/c1-20(2,3)15-7-9-21(10-8-15)12-18(24-29-21)19(26)23-13-14-5-6-17(16(22)11-14)25-30(4,27)28/h5-6,11,15,25H,7-10,12-13H2,1-4H3,(H,23,26)/t15-,21+. The van der Waals surface area contributed by atoms with Gasteiger partial charge in [-0.25, -0.2) is 12.8 Å². The molecule has 1 aliphatic carbocycles. The second-order valence-corrected chi connectivity index (χ2v) is 11.2. The molecule has 0 aromatic heterocycles. The normalized spacial score (nSPS) is 24.3. The number of nitrogens with one attached hydrogen (secondary N) is 2. The zero-order valence-corrected chi connectivity index (χ0v) is 18.7. The van der Waals surface area contributed by atoms with E-state index < -0.39 is 15.8 Å². The summed E-state index contributed by atoms with van der Waals surface area (Å²) in [5.74, 6) is -0.397. The van der Waals surface area contributed by atoms with Crippen LogP contribution < -0.4 is 10.0 Å². The topological polar surface area (TPSA) is 96.9 Å². The molecule has 1 aliphatic heterocycles. The van der Waals surface area contributed by atoms with Gasteiger partial charge in [-0.15, -0.1) is 0 Å². The third kappa shape index (κ3) is 5.50. The van der Waals surface area contributed by atoms with Gasteiger partial charge in [0.15, 0.2) is 0 Å². The smallest absolute Gasteiger partial charge is 0.269 e. The maximum Gasteiger partial charge on any atom is 0.269 e. The third-order valence-corrected chi connectivity index (χ3v) is 6.60. The minimum atomic E-state index is -3.56. The number of oxime groups is 1. The van der Waals surface area contributed by atoms with Crippen LogP contribution >= 0.6 is 0 Å². The van der Waals surface area contributed by atoms with Crippen molar-refractivity contribution in [2.45, 2.75) is 65.0 Å². The molecule has 1 amide bonds. The molecule has 2 N–H and O–H groups in total. The first-order valence-electron chi connectivity index (χ1n) is 10.2. The highest BCUT2D eigenvalue weighted by Gasteiger charge is 2.45. The van der Waals surface area contributed by atoms with Crippen LogP contribution in [0.4, 0.5) is 10.1 Å². The van der Waals surface area contributed by atoms with Crippen LogP contribution in [0.2, 0.25) is 0 Å². The van der Waals surface area contributed by atoms with Gasteiger partial charge in [0, 0.05) is 13.0 Å². The molecule has 166 valence electrons. The molecule has 7 nitrogen and oxygen atoms in total. The first kappa shape index (κ1) is 22.5. The van der Waals surface area contributed by atoms with E-state index in [0.29, 0.717) is 23.6 Å².